The summed E-state index contributed by atoms with van der Waals surface area (Å²) in [5, 5.41) is 4.07. The zero-order chi connectivity index (χ0) is 27.5. The van der Waals surface area contributed by atoms with E-state index in [1.165, 1.54) is 11.3 Å². The fourth-order valence-electron chi connectivity index (χ4n) is 5.49. The van der Waals surface area contributed by atoms with Gasteiger partial charge in [-0.05, 0) is 57.7 Å². The van der Waals surface area contributed by atoms with Gasteiger partial charge in [-0.25, -0.2) is 9.59 Å². The van der Waals surface area contributed by atoms with Crippen molar-refractivity contribution >= 4 is 45.1 Å². The second-order valence-corrected chi connectivity index (χ2v) is 11.2. The molecule has 1 N–H and O–H groups in total. The molecule has 0 saturated carbocycles. The van der Waals surface area contributed by atoms with Crippen molar-refractivity contribution in [2.75, 3.05) is 25.0 Å². The lowest BCUT2D eigenvalue weighted by Crippen LogP contribution is -2.34. The molecule has 39 heavy (non-hydrogen) atoms. The second-order valence-electron chi connectivity index (χ2n) is 10.1. The number of aromatic nitrogens is 1. The van der Waals surface area contributed by atoms with E-state index in [4.69, 9.17) is 14.5 Å². The highest BCUT2D eigenvalue weighted by Crippen LogP contribution is 2.38. The van der Waals surface area contributed by atoms with Crippen molar-refractivity contribution in [3.05, 3.63) is 57.1 Å². The molecular formula is C30H35N3O5S. The fourth-order valence-corrected chi connectivity index (χ4v) is 6.77. The van der Waals surface area contributed by atoms with Crippen molar-refractivity contribution in [2.24, 2.45) is 0 Å². The maximum absolute atomic E-state index is 13.6. The standard InChI is InChI=1S/C30H35N3O5S/c1-4-33-16-15-23-21(17-33)25(19-11-9-10-13-22(19)31-23)30(36)38-18(3)27(34)32-28-26(29(35)37-5-2)20-12-7-6-8-14-24(20)39-28/h9-11,13,18H,4-8,12,14-17H2,1-3H3,(H,32,34). The average molecular weight is 550 g/mol. The Kier molecular flexibility index (Phi) is 8.28. The predicted octanol–water partition coefficient (Wildman–Crippen LogP) is 5.30. The smallest absolute Gasteiger partial charge is 0.341 e. The van der Waals surface area contributed by atoms with Gasteiger partial charge in [-0.1, -0.05) is 31.5 Å². The predicted molar refractivity (Wildman–Crippen MR) is 151 cm³/mol. The van der Waals surface area contributed by atoms with Crippen molar-refractivity contribution in [1.82, 2.24) is 9.88 Å². The molecule has 0 spiro atoms. The number of nitrogens with zero attached hydrogens (tertiary/aromatic N) is 2. The van der Waals surface area contributed by atoms with Gasteiger partial charge in [0.25, 0.3) is 5.91 Å². The van der Waals surface area contributed by atoms with Crippen LogP contribution < -0.4 is 5.32 Å². The number of hydrogen-bond donors (Lipinski definition) is 1. The van der Waals surface area contributed by atoms with E-state index in [-0.39, 0.29) is 6.61 Å². The zero-order valence-electron chi connectivity index (χ0n) is 22.8. The summed E-state index contributed by atoms with van der Waals surface area (Å²) in [5.41, 5.74) is 4.41. The minimum Gasteiger partial charge on any atom is -0.462 e. The molecule has 0 saturated heterocycles. The van der Waals surface area contributed by atoms with Crippen LogP contribution in [0.3, 0.4) is 0 Å². The molecule has 206 valence electrons. The number of thiophene rings is 1. The number of aryl methyl sites for hydroxylation is 1. The van der Waals surface area contributed by atoms with Crippen LogP contribution in [0, 0.1) is 0 Å². The molecule has 1 aliphatic heterocycles. The van der Waals surface area contributed by atoms with E-state index in [1.807, 2.05) is 24.3 Å². The number of rotatable bonds is 7. The van der Waals surface area contributed by atoms with Crippen LogP contribution in [0.1, 0.15) is 82.4 Å². The van der Waals surface area contributed by atoms with Crippen molar-refractivity contribution in [2.45, 2.75) is 71.9 Å². The van der Waals surface area contributed by atoms with Crippen LogP contribution in [0.4, 0.5) is 5.00 Å². The number of benzene rings is 1. The van der Waals surface area contributed by atoms with Gasteiger partial charge in [0, 0.05) is 41.0 Å². The summed E-state index contributed by atoms with van der Waals surface area (Å²) in [4.78, 5) is 48.0. The van der Waals surface area contributed by atoms with E-state index in [0.29, 0.717) is 22.7 Å². The number of esters is 2. The molecule has 0 fully saturated rings. The largest absolute Gasteiger partial charge is 0.462 e. The van der Waals surface area contributed by atoms with Gasteiger partial charge in [0.2, 0.25) is 0 Å². The first-order chi connectivity index (χ1) is 18.9. The number of amides is 1. The minimum atomic E-state index is -1.07. The number of pyridine rings is 1. The van der Waals surface area contributed by atoms with E-state index in [1.54, 1.807) is 13.8 Å². The number of likely N-dealkylation sites (N-methyl/N-ethyl adjacent to an activating group) is 1. The second kappa shape index (κ2) is 11.8. The molecule has 0 radical (unpaired) electrons. The number of hydrogen-bond acceptors (Lipinski definition) is 8. The molecule has 3 aromatic rings. The number of anilines is 1. The monoisotopic (exact) mass is 549 g/mol. The maximum Gasteiger partial charge on any atom is 0.341 e. The van der Waals surface area contributed by atoms with Crippen molar-refractivity contribution < 1.29 is 23.9 Å². The Morgan fingerprint density at radius 2 is 1.82 bits per heavy atom. The fraction of sp³-hybridized carbons (Fsp3) is 0.467. The van der Waals surface area contributed by atoms with Crippen molar-refractivity contribution in [3.63, 3.8) is 0 Å². The molecule has 1 aromatic carbocycles. The van der Waals surface area contributed by atoms with Gasteiger partial charge in [0.05, 0.1) is 23.3 Å². The Morgan fingerprint density at radius 3 is 2.62 bits per heavy atom. The van der Waals surface area contributed by atoms with Crippen molar-refractivity contribution in [3.8, 4) is 0 Å². The summed E-state index contributed by atoms with van der Waals surface area (Å²) in [7, 11) is 0. The summed E-state index contributed by atoms with van der Waals surface area (Å²) in [6, 6.07) is 7.55. The minimum absolute atomic E-state index is 0.254. The molecule has 3 heterocycles. The Labute approximate surface area is 232 Å². The van der Waals surface area contributed by atoms with E-state index in [9.17, 15) is 14.4 Å². The topological polar surface area (TPSA) is 97.8 Å². The van der Waals surface area contributed by atoms with E-state index >= 15 is 0 Å². The Balaban J connectivity index is 1.40. The normalized spacial score (nSPS) is 16.1. The van der Waals surface area contributed by atoms with Crippen LogP contribution in [0.2, 0.25) is 0 Å². The average Bonchev–Trinajstić information content (AvgIpc) is 3.11. The Hall–Kier alpha value is -3.30. The number of nitrogens with one attached hydrogen (secondary N) is 1. The van der Waals surface area contributed by atoms with E-state index in [2.05, 4.69) is 17.1 Å². The van der Waals surface area contributed by atoms with Crippen LogP contribution >= 0.6 is 11.3 Å². The molecule has 1 aliphatic carbocycles. The number of carbonyl (C=O) groups excluding carboxylic acids is 3. The molecular weight excluding hydrogens is 514 g/mol. The first kappa shape index (κ1) is 27.3. The first-order valence-corrected chi connectivity index (χ1v) is 14.7. The van der Waals surface area contributed by atoms with Crippen LogP contribution in [0.5, 0.6) is 0 Å². The summed E-state index contributed by atoms with van der Waals surface area (Å²) in [6.07, 6.45) is 4.51. The quantitative estimate of drug-likeness (QED) is 0.315. The summed E-state index contributed by atoms with van der Waals surface area (Å²) in [6.45, 7) is 8.04. The van der Waals surface area contributed by atoms with Crippen molar-refractivity contribution in [1.29, 1.82) is 0 Å². The summed E-state index contributed by atoms with van der Waals surface area (Å²) < 4.78 is 11.1. The van der Waals surface area contributed by atoms with E-state index < -0.39 is 23.9 Å². The van der Waals surface area contributed by atoms with E-state index in [0.717, 1.165) is 84.2 Å². The van der Waals surface area contributed by atoms with Crippen LogP contribution in [-0.4, -0.2) is 53.5 Å². The lowest BCUT2D eigenvalue weighted by atomic mass is 9.95. The van der Waals surface area contributed by atoms with Crippen LogP contribution in [0.15, 0.2) is 24.3 Å². The third-order valence-electron chi connectivity index (χ3n) is 7.57. The lowest BCUT2D eigenvalue weighted by molar-refractivity contribution is -0.123. The third-order valence-corrected chi connectivity index (χ3v) is 8.77. The highest BCUT2D eigenvalue weighted by molar-refractivity contribution is 7.17. The molecule has 0 bridgehead atoms. The number of ether oxygens (including phenoxy) is 2. The van der Waals surface area contributed by atoms with Gasteiger partial charge < -0.3 is 14.8 Å². The SMILES string of the molecule is CCOC(=O)c1c(NC(=O)C(C)OC(=O)c2c3c(nc4ccccc24)CCN(CC)C3)sc2c1CCCCC2. The summed E-state index contributed by atoms with van der Waals surface area (Å²) in [5.74, 6) is -1.45. The third kappa shape index (κ3) is 5.56. The Bertz CT molecular complexity index is 1420. The van der Waals surface area contributed by atoms with Gasteiger partial charge in [-0.15, -0.1) is 11.3 Å². The van der Waals surface area contributed by atoms with Gasteiger partial charge in [-0.2, -0.15) is 0 Å². The first-order valence-electron chi connectivity index (χ1n) is 13.9. The number of carbonyl (C=O) groups is 3. The van der Waals surface area contributed by atoms with Crippen LogP contribution in [0.25, 0.3) is 10.9 Å². The van der Waals surface area contributed by atoms with Gasteiger partial charge in [0.1, 0.15) is 5.00 Å². The van der Waals surface area contributed by atoms with Crippen LogP contribution in [-0.2, 0) is 40.1 Å². The number of fused-ring (bicyclic) bond motifs is 3. The highest BCUT2D eigenvalue weighted by Gasteiger charge is 2.31. The van der Waals surface area contributed by atoms with Gasteiger partial charge in [0.15, 0.2) is 6.10 Å². The lowest BCUT2D eigenvalue weighted by Gasteiger charge is -2.29. The molecule has 2 aliphatic rings. The van der Waals surface area contributed by atoms with Gasteiger partial charge >= 0.3 is 11.9 Å². The van der Waals surface area contributed by atoms with Gasteiger partial charge in [-0.3, -0.25) is 14.7 Å². The molecule has 2 aromatic heterocycles. The highest BCUT2D eigenvalue weighted by atomic mass is 32.1. The molecule has 5 rings (SSSR count). The molecule has 1 unspecified atom stereocenters. The molecule has 1 amide bonds. The zero-order valence-corrected chi connectivity index (χ0v) is 23.6. The summed E-state index contributed by atoms with van der Waals surface area (Å²) >= 11 is 1.43. The molecule has 9 heteroatoms. The molecule has 8 nitrogen and oxygen atoms in total. The maximum atomic E-state index is 13.6. The molecule has 1 atom stereocenters. The number of para-hydroxylation sites is 1. The Morgan fingerprint density at radius 1 is 1.03 bits per heavy atom.